The van der Waals surface area contributed by atoms with Crippen molar-refractivity contribution in [2.24, 2.45) is 5.92 Å². The van der Waals surface area contributed by atoms with E-state index < -0.39 is 35.3 Å². The van der Waals surface area contributed by atoms with Crippen molar-refractivity contribution in [2.75, 3.05) is 12.0 Å². The lowest BCUT2D eigenvalue weighted by molar-refractivity contribution is -0.143. The Morgan fingerprint density at radius 2 is 1.54 bits per heavy atom. The van der Waals surface area contributed by atoms with Crippen LogP contribution in [-0.4, -0.2) is 53.3 Å². The van der Waals surface area contributed by atoms with Gasteiger partial charge in [0.1, 0.15) is 28.8 Å². The lowest BCUT2D eigenvalue weighted by Crippen LogP contribution is -2.65. The van der Waals surface area contributed by atoms with Crippen LogP contribution in [-0.2, 0) is 32.0 Å². The highest BCUT2D eigenvalue weighted by Crippen LogP contribution is 2.26. The van der Waals surface area contributed by atoms with Crippen LogP contribution < -0.4 is 20.3 Å². The third-order valence-electron chi connectivity index (χ3n) is 6.31. The van der Waals surface area contributed by atoms with Crippen LogP contribution in [0.1, 0.15) is 63.8 Å². The summed E-state index contributed by atoms with van der Waals surface area (Å²) in [7, 11) is 1.60. The number of hydrogen-bond donors (Lipinski definition) is 2. The fourth-order valence-corrected chi connectivity index (χ4v) is 4.35. The van der Waals surface area contributed by atoms with E-state index in [4.69, 9.17) is 14.2 Å². The molecule has 11 heteroatoms. The quantitative estimate of drug-likeness (QED) is 0.471. The number of methoxy groups -OCH3 is 1. The fourth-order valence-electron chi connectivity index (χ4n) is 4.35. The summed E-state index contributed by atoms with van der Waals surface area (Å²) in [6.45, 7) is 14.3. The zero-order chi connectivity index (χ0) is 30.7. The van der Waals surface area contributed by atoms with Gasteiger partial charge in [0.15, 0.2) is 0 Å². The van der Waals surface area contributed by atoms with Crippen LogP contribution in [0.25, 0.3) is 0 Å². The van der Waals surface area contributed by atoms with E-state index in [1.165, 1.54) is 12.3 Å². The summed E-state index contributed by atoms with van der Waals surface area (Å²) in [5, 5.41) is 5.60. The van der Waals surface area contributed by atoms with Crippen molar-refractivity contribution in [1.29, 1.82) is 0 Å². The topological polar surface area (TPSA) is 136 Å². The highest BCUT2D eigenvalue weighted by molar-refractivity contribution is 6.08. The van der Waals surface area contributed by atoms with Crippen molar-refractivity contribution in [3.05, 3.63) is 52.7 Å². The van der Waals surface area contributed by atoms with Gasteiger partial charge in [-0.25, -0.2) is 14.6 Å². The Balaban J connectivity index is 1.76. The molecule has 4 amide bonds. The second kappa shape index (κ2) is 12.2. The molecule has 1 aliphatic heterocycles. The smallest absolute Gasteiger partial charge is 0.425 e. The molecule has 0 aliphatic carbocycles. The molecule has 1 aromatic heterocycles. The molecule has 2 heterocycles. The summed E-state index contributed by atoms with van der Waals surface area (Å²) in [6.07, 6.45) is -0.276. The molecule has 1 fully saturated rings. The molecule has 1 aromatic carbocycles. The number of ether oxygens (including phenoxy) is 3. The van der Waals surface area contributed by atoms with E-state index in [1.54, 1.807) is 54.7 Å². The molecule has 2 aromatic rings. The molecule has 3 rings (SSSR count). The lowest BCUT2D eigenvalue weighted by atomic mass is 9.84. The van der Waals surface area contributed by atoms with E-state index in [1.807, 2.05) is 26.0 Å². The summed E-state index contributed by atoms with van der Waals surface area (Å²) in [5.41, 5.74) is 1.81. The minimum Gasteiger partial charge on any atom is -0.497 e. The Bertz CT molecular complexity index is 1280. The standard InChI is InChI=1S/C30H40N4O7/c1-17-12-20(39-9)13-18(2)22(17)16-32-26(36)24-21(25(35)33-24)14-19-10-11-31-23(15-19)34(27(37)40-29(3,4)5)28(38)41-30(6,7)8/h10-13,15,21,24H,14,16H2,1-9H3,(H,32,36)(H,33,35)/t21?,24-/m0/s1. The van der Waals surface area contributed by atoms with E-state index in [0.717, 1.165) is 27.3 Å². The third-order valence-corrected chi connectivity index (χ3v) is 6.31. The number of amides is 4. The second-order valence-electron chi connectivity index (χ2n) is 12.1. The van der Waals surface area contributed by atoms with Gasteiger partial charge >= 0.3 is 12.2 Å². The van der Waals surface area contributed by atoms with Gasteiger partial charge in [-0.1, -0.05) is 0 Å². The van der Waals surface area contributed by atoms with Crippen molar-refractivity contribution in [1.82, 2.24) is 15.6 Å². The third kappa shape index (κ3) is 8.18. The maximum atomic E-state index is 13.0. The van der Waals surface area contributed by atoms with Gasteiger partial charge in [0.2, 0.25) is 11.8 Å². The molecule has 0 spiro atoms. The molecule has 11 nitrogen and oxygen atoms in total. The number of aryl methyl sites for hydroxylation is 2. The Hall–Kier alpha value is -4.15. The molecule has 1 saturated heterocycles. The molecular formula is C30H40N4O7. The molecule has 0 saturated carbocycles. The zero-order valence-electron chi connectivity index (χ0n) is 25.2. The van der Waals surface area contributed by atoms with Crippen LogP contribution in [0, 0.1) is 19.8 Å². The van der Waals surface area contributed by atoms with Gasteiger partial charge in [-0.2, -0.15) is 4.90 Å². The summed E-state index contributed by atoms with van der Waals surface area (Å²) in [4.78, 5) is 56.4. The Morgan fingerprint density at radius 1 is 0.976 bits per heavy atom. The predicted molar refractivity (Wildman–Crippen MR) is 153 cm³/mol. The van der Waals surface area contributed by atoms with Crippen molar-refractivity contribution in [2.45, 2.75) is 85.6 Å². The number of aromatic nitrogens is 1. The molecular weight excluding hydrogens is 528 g/mol. The number of anilines is 1. The first kappa shape index (κ1) is 31.4. The molecule has 41 heavy (non-hydrogen) atoms. The maximum Gasteiger partial charge on any atom is 0.425 e. The molecule has 222 valence electrons. The number of carbonyl (C=O) groups excluding carboxylic acids is 4. The minimum atomic E-state index is -0.945. The SMILES string of the molecule is COc1cc(C)c(CNC(=O)[C@H]2NC(=O)C2Cc2ccnc(N(C(=O)OC(C)(C)C)C(=O)OC(C)(C)C)c2)c(C)c1. The largest absolute Gasteiger partial charge is 0.497 e. The van der Waals surface area contributed by atoms with Crippen molar-refractivity contribution in [3.63, 3.8) is 0 Å². The highest BCUT2D eigenvalue weighted by Gasteiger charge is 2.44. The first-order valence-corrected chi connectivity index (χ1v) is 13.4. The van der Waals surface area contributed by atoms with Gasteiger partial charge in [0.25, 0.3) is 0 Å². The lowest BCUT2D eigenvalue weighted by Gasteiger charge is -2.36. The Morgan fingerprint density at radius 3 is 2.02 bits per heavy atom. The summed E-state index contributed by atoms with van der Waals surface area (Å²) >= 11 is 0. The van der Waals surface area contributed by atoms with E-state index in [0.29, 0.717) is 12.1 Å². The number of carbonyl (C=O) groups is 4. The maximum absolute atomic E-state index is 13.0. The van der Waals surface area contributed by atoms with E-state index in [9.17, 15) is 19.2 Å². The number of β-lactam (4-membered cyclic amide) rings is 1. The van der Waals surface area contributed by atoms with Crippen molar-refractivity contribution in [3.8, 4) is 5.75 Å². The van der Waals surface area contributed by atoms with Gasteiger partial charge in [-0.3, -0.25) is 9.59 Å². The second-order valence-corrected chi connectivity index (χ2v) is 12.1. The Kier molecular flexibility index (Phi) is 9.30. The highest BCUT2D eigenvalue weighted by atomic mass is 16.6. The predicted octanol–water partition coefficient (Wildman–Crippen LogP) is 4.36. The minimum absolute atomic E-state index is 0.0165. The van der Waals surface area contributed by atoms with Crippen LogP contribution in [0.2, 0.25) is 0 Å². The molecule has 0 bridgehead atoms. The average molecular weight is 569 g/mol. The summed E-state index contributed by atoms with van der Waals surface area (Å²) in [6, 6.07) is 6.25. The summed E-state index contributed by atoms with van der Waals surface area (Å²) in [5.74, 6) is -0.480. The van der Waals surface area contributed by atoms with Crippen molar-refractivity contribution < 1.29 is 33.4 Å². The van der Waals surface area contributed by atoms with Crippen LogP contribution in [0.3, 0.4) is 0 Å². The van der Waals surface area contributed by atoms with Crippen LogP contribution in [0.4, 0.5) is 15.4 Å². The number of hydrogen-bond acceptors (Lipinski definition) is 8. The number of pyridine rings is 1. The van der Waals surface area contributed by atoms with Crippen LogP contribution >= 0.6 is 0 Å². The molecule has 2 atom stereocenters. The number of nitrogens with one attached hydrogen (secondary N) is 2. The van der Waals surface area contributed by atoms with Gasteiger partial charge in [0.05, 0.1) is 13.0 Å². The van der Waals surface area contributed by atoms with E-state index in [2.05, 4.69) is 15.6 Å². The van der Waals surface area contributed by atoms with Crippen LogP contribution in [0.5, 0.6) is 5.75 Å². The van der Waals surface area contributed by atoms with E-state index >= 15 is 0 Å². The van der Waals surface area contributed by atoms with Crippen LogP contribution in [0.15, 0.2) is 30.5 Å². The van der Waals surface area contributed by atoms with Gasteiger partial charge in [-0.15, -0.1) is 0 Å². The molecule has 0 radical (unpaired) electrons. The zero-order valence-corrected chi connectivity index (χ0v) is 25.2. The number of rotatable bonds is 7. The van der Waals surface area contributed by atoms with Crippen molar-refractivity contribution >= 4 is 29.8 Å². The average Bonchev–Trinajstić information content (AvgIpc) is 2.83. The van der Waals surface area contributed by atoms with Gasteiger partial charge < -0.3 is 24.8 Å². The Labute approximate surface area is 240 Å². The normalized spacial score (nSPS) is 16.7. The number of benzene rings is 1. The monoisotopic (exact) mass is 568 g/mol. The molecule has 1 aliphatic rings. The van der Waals surface area contributed by atoms with E-state index in [-0.39, 0.29) is 24.1 Å². The number of nitrogens with zero attached hydrogens (tertiary/aromatic N) is 2. The first-order chi connectivity index (χ1) is 19.0. The van der Waals surface area contributed by atoms with Gasteiger partial charge in [0, 0.05) is 12.7 Å². The first-order valence-electron chi connectivity index (χ1n) is 13.4. The molecule has 1 unspecified atom stereocenters. The summed E-state index contributed by atoms with van der Waals surface area (Å²) < 4.78 is 16.1. The number of imide groups is 1. The van der Waals surface area contributed by atoms with Gasteiger partial charge in [-0.05, 0) is 108 Å². The fraction of sp³-hybridized carbons (Fsp3) is 0.500. The molecule has 2 N–H and O–H groups in total.